The Hall–Kier alpha value is -2.11. The van der Waals surface area contributed by atoms with Crippen LogP contribution in [-0.2, 0) is 11.8 Å². The van der Waals surface area contributed by atoms with Crippen LogP contribution in [0.4, 0.5) is 0 Å². The second kappa shape index (κ2) is 6.56. The minimum absolute atomic E-state index is 0.0820. The zero-order chi connectivity index (χ0) is 18.3. The van der Waals surface area contributed by atoms with Gasteiger partial charge in [0.2, 0.25) is 11.5 Å². The minimum atomic E-state index is -0.391. The van der Waals surface area contributed by atoms with Crippen LogP contribution in [0.15, 0.2) is 23.1 Å². The van der Waals surface area contributed by atoms with Crippen molar-refractivity contribution in [3.63, 3.8) is 0 Å². The Labute approximate surface area is 153 Å². The van der Waals surface area contributed by atoms with Gasteiger partial charge in [0, 0.05) is 45.5 Å². The third-order valence-corrected chi connectivity index (χ3v) is 6.50. The highest BCUT2D eigenvalue weighted by Crippen LogP contribution is 2.41. The van der Waals surface area contributed by atoms with Gasteiger partial charge in [0.1, 0.15) is 0 Å². The lowest BCUT2D eigenvalue weighted by atomic mass is 9.77. The Kier molecular flexibility index (Phi) is 4.37. The highest BCUT2D eigenvalue weighted by molar-refractivity contribution is 5.95. The van der Waals surface area contributed by atoms with E-state index < -0.39 is 5.41 Å². The maximum Gasteiger partial charge on any atom is 0.255 e. The first-order chi connectivity index (χ1) is 12.5. The molecule has 6 heteroatoms. The molecule has 3 heterocycles. The van der Waals surface area contributed by atoms with Crippen molar-refractivity contribution in [1.82, 2.24) is 14.4 Å². The van der Waals surface area contributed by atoms with E-state index in [0.717, 1.165) is 32.4 Å². The molecule has 3 fully saturated rings. The van der Waals surface area contributed by atoms with Crippen molar-refractivity contribution in [2.75, 3.05) is 26.2 Å². The highest BCUT2D eigenvalue weighted by atomic mass is 16.2. The number of piperidine rings is 1. The van der Waals surface area contributed by atoms with E-state index in [1.54, 1.807) is 24.2 Å². The average Bonchev–Trinajstić information content (AvgIpc) is 3.01. The number of amides is 2. The zero-order valence-electron chi connectivity index (χ0n) is 15.4. The third kappa shape index (κ3) is 2.95. The van der Waals surface area contributed by atoms with Gasteiger partial charge in [-0.1, -0.05) is 6.42 Å². The van der Waals surface area contributed by atoms with Crippen LogP contribution in [-0.4, -0.2) is 52.4 Å². The average molecular weight is 357 g/mol. The Morgan fingerprint density at radius 2 is 1.96 bits per heavy atom. The zero-order valence-corrected chi connectivity index (χ0v) is 15.4. The van der Waals surface area contributed by atoms with E-state index in [9.17, 15) is 14.4 Å². The number of carbonyl (C=O) groups excluding carboxylic acids is 2. The fraction of sp³-hybridized carbons (Fsp3) is 0.650. The van der Waals surface area contributed by atoms with E-state index in [-0.39, 0.29) is 17.4 Å². The number of aryl methyl sites for hydroxylation is 1. The first kappa shape index (κ1) is 17.3. The lowest BCUT2D eigenvalue weighted by molar-refractivity contribution is -0.146. The van der Waals surface area contributed by atoms with Crippen LogP contribution in [0.1, 0.15) is 48.9 Å². The van der Waals surface area contributed by atoms with Gasteiger partial charge in [-0.3, -0.25) is 14.4 Å². The number of likely N-dealkylation sites (tertiary alicyclic amines) is 2. The van der Waals surface area contributed by atoms with Crippen molar-refractivity contribution in [3.8, 4) is 0 Å². The molecule has 0 aromatic carbocycles. The molecule has 1 spiro atoms. The van der Waals surface area contributed by atoms with Crippen LogP contribution in [0, 0.1) is 11.3 Å². The van der Waals surface area contributed by atoms with Gasteiger partial charge in [-0.05, 0) is 44.1 Å². The molecule has 1 saturated carbocycles. The second-order valence-corrected chi connectivity index (χ2v) is 8.28. The van der Waals surface area contributed by atoms with Crippen molar-refractivity contribution >= 4 is 11.8 Å². The lowest BCUT2D eigenvalue weighted by Crippen LogP contribution is -2.52. The number of carbonyl (C=O) groups is 2. The van der Waals surface area contributed by atoms with Crippen molar-refractivity contribution in [3.05, 3.63) is 34.2 Å². The van der Waals surface area contributed by atoms with Crippen LogP contribution in [0.3, 0.4) is 0 Å². The molecule has 6 nitrogen and oxygen atoms in total. The van der Waals surface area contributed by atoms with Crippen LogP contribution in [0.5, 0.6) is 0 Å². The van der Waals surface area contributed by atoms with Gasteiger partial charge in [-0.25, -0.2) is 0 Å². The molecule has 0 unspecified atom stereocenters. The van der Waals surface area contributed by atoms with Gasteiger partial charge in [0.25, 0.3) is 5.91 Å². The lowest BCUT2D eigenvalue weighted by Gasteiger charge is -2.42. The van der Waals surface area contributed by atoms with Crippen LogP contribution in [0.25, 0.3) is 0 Å². The number of rotatable bonds is 3. The number of aromatic nitrogens is 1. The quantitative estimate of drug-likeness (QED) is 0.826. The van der Waals surface area contributed by atoms with Crippen LogP contribution < -0.4 is 5.56 Å². The molecule has 1 atom stereocenters. The maximum absolute atomic E-state index is 13.2. The Morgan fingerprint density at radius 3 is 2.65 bits per heavy atom. The van der Waals surface area contributed by atoms with Gasteiger partial charge in [-0.15, -0.1) is 0 Å². The summed E-state index contributed by atoms with van der Waals surface area (Å²) in [5, 5.41) is 0. The molecule has 0 bridgehead atoms. The number of nitrogens with zero attached hydrogens (tertiary/aromatic N) is 3. The predicted molar refractivity (Wildman–Crippen MR) is 97.8 cm³/mol. The van der Waals surface area contributed by atoms with Crippen molar-refractivity contribution < 1.29 is 9.59 Å². The maximum atomic E-state index is 13.2. The SMILES string of the molecule is Cn1cc(C(=O)N2CC[C@@]3(CCCN(CC4CCC4)C3=O)C2)ccc1=O. The molecule has 26 heavy (non-hydrogen) atoms. The molecule has 0 N–H and O–H groups in total. The first-order valence-electron chi connectivity index (χ1n) is 9.74. The molecule has 140 valence electrons. The summed E-state index contributed by atoms with van der Waals surface area (Å²) < 4.78 is 1.42. The molecule has 1 aromatic heterocycles. The molecule has 0 radical (unpaired) electrons. The van der Waals surface area contributed by atoms with Gasteiger partial charge in [0.05, 0.1) is 11.0 Å². The van der Waals surface area contributed by atoms with Gasteiger partial charge < -0.3 is 14.4 Å². The standard InChI is InChI=1S/C20H27N3O3/c1-21-13-16(6-7-17(21)24)18(25)23-11-9-20(14-23)8-3-10-22(19(20)26)12-15-4-2-5-15/h6-7,13,15H,2-5,8-12,14H2,1H3/t20-/m0/s1. The predicted octanol–water partition coefficient (Wildman–Crippen LogP) is 1.64. The summed E-state index contributed by atoms with van der Waals surface area (Å²) in [4.78, 5) is 41.4. The molecule has 2 saturated heterocycles. The van der Waals surface area contributed by atoms with Crippen molar-refractivity contribution in [2.45, 2.75) is 38.5 Å². The summed E-state index contributed by atoms with van der Waals surface area (Å²) in [7, 11) is 1.65. The summed E-state index contributed by atoms with van der Waals surface area (Å²) >= 11 is 0. The van der Waals surface area contributed by atoms with Crippen LogP contribution in [0.2, 0.25) is 0 Å². The summed E-state index contributed by atoms with van der Waals surface area (Å²) in [6.07, 6.45) is 8.03. The van der Waals surface area contributed by atoms with Crippen molar-refractivity contribution in [2.24, 2.45) is 18.4 Å². The van der Waals surface area contributed by atoms with E-state index in [4.69, 9.17) is 0 Å². The second-order valence-electron chi connectivity index (χ2n) is 8.28. The number of hydrogen-bond donors (Lipinski definition) is 0. The van der Waals surface area contributed by atoms with Crippen LogP contribution >= 0.6 is 0 Å². The van der Waals surface area contributed by atoms with E-state index >= 15 is 0 Å². The first-order valence-corrected chi connectivity index (χ1v) is 9.74. The molecule has 2 amide bonds. The topological polar surface area (TPSA) is 62.6 Å². The Bertz CT molecular complexity index is 783. The third-order valence-electron chi connectivity index (χ3n) is 6.50. The highest BCUT2D eigenvalue weighted by Gasteiger charge is 2.49. The summed E-state index contributed by atoms with van der Waals surface area (Å²) in [6.45, 7) is 2.89. The van der Waals surface area contributed by atoms with E-state index in [1.165, 1.54) is 29.9 Å². The van der Waals surface area contributed by atoms with E-state index in [0.29, 0.717) is 24.6 Å². The number of hydrogen-bond acceptors (Lipinski definition) is 3. The number of pyridine rings is 1. The fourth-order valence-electron chi connectivity index (χ4n) is 4.64. The van der Waals surface area contributed by atoms with E-state index in [2.05, 4.69) is 4.90 Å². The summed E-state index contributed by atoms with van der Waals surface area (Å²) in [5.74, 6) is 0.853. The summed E-state index contributed by atoms with van der Waals surface area (Å²) in [6, 6.07) is 3.01. The molecular formula is C20H27N3O3. The smallest absolute Gasteiger partial charge is 0.255 e. The molecule has 1 aromatic rings. The van der Waals surface area contributed by atoms with E-state index in [1.807, 2.05) is 0 Å². The minimum Gasteiger partial charge on any atom is -0.342 e. The van der Waals surface area contributed by atoms with Gasteiger partial charge in [-0.2, -0.15) is 0 Å². The largest absolute Gasteiger partial charge is 0.342 e. The molecular weight excluding hydrogens is 330 g/mol. The molecule has 2 aliphatic heterocycles. The Morgan fingerprint density at radius 1 is 1.15 bits per heavy atom. The molecule has 1 aliphatic carbocycles. The Balaban J connectivity index is 1.47. The fourth-order valence-corrected chi connectivity index (χ4v) is 4.64. The molecule has 4 rings (SSSR count). The van der Waals surface area contributed by atoms with Gasteiger partial charge in [0.15, 0.2) is 0 Å². The van der Waals surface area contributed by atoms with Gasteiger partial charge >= 0.3 is 0 Å². The van der Waals surface area contributed by atoms with Crippen molar-refractivity contribution in [1.29, 1.82) is 0 Å². The monoisotopic (exact) mass is 357 g/mol. The molecule has 3 aliphatic rings. The summed E-state index contributed by atoms with van der Waals surface area (Å²) in [5.41, 5.74) is -0.00883. The normalized spacial score (nSPS) is 26.4.